The molecule has 3 aromatic rings. The molecule has 0 aromatic heterocycles. The van der Waals surface area contributed by atoms with E-state index in [1.54, 1.807) is 12.1 Å². The van der Waals surface area contributed by atoms with Crippen LogP contribution in [-0.4, -0.2) is 16.8 Å². The molecule has 0 radical (unpaired) electrons. The van der Waals surface area contributed by atoms with E-state index in [2.05, 4.69) is 0 Å². The standard InChI is InChI=1S/C21H16F6O2/c22-20(23,24)14-8-13(9-15(11-14)21(25,26)27)18-10-12(4-3-7-28)19(29)17-6-2-1-5-16(17)18/h1-2,5-6,8-11,28-29H,3-4,7H2. The van der Waals surface area contributed by atoms with Gasteiger partial charge in [-0.1, -0.05) is 24.3 Å². The van der Waals surface area contributed by atoms with Gasteiger partial charge in [0.1, 0.15) is 5.75 Å². The molecular weight excluding hydrogens is 398 g/mol. The van der Waals surface area contributed by atoms with Crippen molar-refractivity contribution in [3.05, 3.63) is 65.2 Å². The van der Waals surface area contributed by atoms with Gasteiger partial charge in [0.15, 0.2) is 0 Å². The number of hydrogen-bond donors (Lipinski definition) is 2. The van der Waals surface area contributed by atoms with Crippen LogP contribution in [0.15, 0.2) is 48.5 Å². The van der Waals surface area contributed by atoms with E-state index in [4.69, 9.17) is 5.11 Å². The predicted octanol–water partition coefficient (Wildman–Crippen LogP) is 6.17. The molecule has 0 saturated carbocycles. The van der Waals surface area contributed by atoms with Crippen molar-refractivity contribution in [1.29, 1.82) is 0 Å². The van der Waals surface area contributed by atoms with Crippen LogP contribution in [0, 0.1) is 0 Å². The average molecular weight is 414 g/mol. The summed E-state index contributed by atoms with van der Waals surface area (Å²) in [5, 5.41) is 20.1. The van der Waals surface area contributed by atoms with Gasteiger partial charge >= 0.3 is 12.4 Å². The lowest BCUT2D eigenvalue weighted by Crippen LogP contribution is -2.11. The molecule has 0 aliphatic heterocycles. The molecule has 0 bridgehead atoms. The number of aryl methyl sites for hydroxylation is 1. The second-order valence-corrected chi connectivity index (χ2v) is 6.60. The van der Waals surface area contributed by atoms with Crippen molar-refractivity contribution in [3.63, 3.8) is 0 Å². The summed E-state index contributed by atoms with van der Waals surface area (Å²) in [6.45, 7) is -0.177. The van der Waals surface area contributed by atoms with Crippen LogP contribution in [-0.2, 0) is 18.8 Å². The molecule has 154 valence electrons. The number of hydrogen-bond acceptors (Lipinski definition) is 2. The van der Waals surface area contributed by atoms with Crippen LogP contribution in [0.4, 0.5) is 26.3 Å². The number of aromatic hydroxyl groups is 1. The van der Waals surface area contributed by atoms with Gasteiger partial charge in [0.2, 0.25) is 0 Å². The Labute approximate surface area is 162 Å². The Hall–Kier alpha value is -2.74. The lowest BCUT2D eigenvalue weighted by atomic mass is 9.91. The summed E-state index contributed by atoms with van der Waals surface area (Å²) in [5.41, 5.74) is -2.59. The maximum atomic E-state index is 13.2. The predicted molar refractivity (Wildman–Crippen MR) is 96.5 cm³/mol. The van der Waals surface area contributed by atoms with Crippen LogP contribution >= 0.6 is 0 Å². The van der Waals surface area contributed by atoms with Crippen molar-refractivity contribution >= 4 is 10.8 Å². The van der Waals surface area contributed by atoms with Crippen LogP contribution in [0.25, 0.3) is 21.9 Å². The Balaban J connectivity index is 2.33. The zero-order chi connectivity index (χ0) is 21.4. The number of halogens is 6. The van der Waals surface area contributed by atoms with E-state index in [1.807, 2.05) is 0 Å². The first-order valence-electron chi connectivity index (χ1n) is 8.66. The van der Waals surface area contributed by atoms with Crippen LogP contribution < -0.4 is 0 Å². The quantitative estimate of drug-likeness (QED) is 0.501. The Kier molecular flexibility index (Phi) is 5.49. The first-order valence-corrected chi connectivity index (χ1v) is 8.66. The molecular formula is C21H16F6O2. The van der Waals surface area contributed by atoms with Crippen molar-refractivity contribution in [1.82, 2.24) is 0 Å². The van der Waals surface area contributed by atoms with Gasteiger partial charge < -0.3 is 10.2 Å². The van der Waals surface area contributed by atoms with Gasteiger partial charge in [0, 0.05) is 12.0 Å². The van der Waals surface area contributed by atoms with Crippen molar-refractivity contribution in [2.45, 2.75) is 25.2 Å². The fourth-order valence-corrected chi connectivity index (χ4v) is 3.23. The highest BCUT2D eigenvalue weighted by atomic mass is 19.4. The lowest BCUT2D eigenvalue weighted by Gasteiger charge is -2.17. The molecule has 0 unspecified atom stereocenters. The zero-order valence-corrected chi connectivity index (χ0v) is 14.9. The smallest absolute Gasteiger partial charge is 0.416 e. The molecule has 0 atom stereocenters. The molecule has 0 spiro atoms. The third-order valence-corrected chi connectivity index (χ3v) is 4.60. The summed E-state index contributed by atoms with van der Waals surface area (Å²) in [5.74, 6) is -0.110. The molecule has 2 nitrogen and oxygen atoms in total. The van der Waals surface area contributed by atoms with E-state index < -0.39 is 23.5 Å². The summed E-state index contributed by atoms with van der Waals surface area (Å²) in [6.07, 6.45) is -9.42. The molecule has 0 fully saturated rings. The minimum absolute atomic E-state index is 0.0821. The molecule has 8 heteroatoms. The van der Waals surface area contributed by atoms with Gasteiger partial charge in [-0.2, -0.15) is 26.3 Å². The van der Waals surface area contributed by atoms with Gasteiger partial charge in [-0.25, -0.2) is 0 Å². The molecule has 0 amide bonds. The number of aliphatic hydroxyl groups excluding tert-OH is 1. The van der Waals surface area contributed by atoms with E-state index in [0.29, 0.717) is 28.5 Å². The first-order chi connectivity index (χ1) is 13.5. The van der Waals surface area contributed by atoms with Crippen molar-refractivity contribution in [2.75, 3.05) is 6.61 Å². The summed E-state index contributed by atoms with van der Waals surface area (Å²) in [4.78, 5) is 0. The summed E-state index contributed by atoms with van der Waals surface area (Å²) in [6, 6.07) is 9.05. The molecule has 0 aliphatic rings. The molecule has 3 aromatic carbocycles. The Morgan fingerprint density at radius 3 is 1.83 bits per heavy atom. The fraction of sp³-hybridized carbons (Fsp3) is 0.238. The molecule has 0 heterocycles. The maximum Gasteiger partial charge on any atom is 0.416 e. The first kappa shape index (κ1) is 21.0. The Morgan fingerprint density at radius 1 is 0.759 bits per heavy atom. The number of rotatable bonds is 4. The summed E-state index contributed by atoms with van der Waals surface area (Å²) < 4.78 is 79.4. The zero-order valence-electron chi connectivity index (χ0n) is 14.9. The monoisotopic (exact) mass is 414 g/mol. The SMILES string of the molecule is OCCCc1cc(-c2cc(C(F)(F)F)cc(C(F)(F)F)c2)c2ccccc2c1O. The minimum Gasteiger partial charge on any atom is -0.507 e. The number of phenolic OH excluding ortho intramolecular Hbond substituents is 1. The van der Waals surface area contributed by atoms with Gasteiger partial charge in [-0.05, 0) is 59.2 Å². The second-order valence-electron chi connectivity index (χ2n) is 6.60. The molecule has 3 rings (SSSR count). The molecule has 2 N–H and O–H groups in total. The van der Waals surface area contributed by atoms with Crippen molar-refractivity contribution in [2.24, 2.45) is 0 Å². The fourth-order valence-electron chi connectivity index (χ4n) is 3.23. The van der Waals surface area contributed by atoms with E-state index in [1.165, 1.54) is 18.2 Å². The number of benzene rings is 3. The molecule has 0 saturated heterocycles. The van der Waals surface area contributed by atoms with Crippen molar-refractivity contribution in [3.8, 4) is 16.9 Å². The Bertz CT molecular complexity index is 1010. The summed E-state index contributed by atoms with van der Waals surface area (Å²) >= 11 is 0. The second kappa shape index (κ2) is 7.59. The third kappa shape index (κ3) is 4.32. The van der Waals surface area contributed by atoms with E-state index in [9.17, 15) is 31.4 Å². The van der Waals surface area contributed by atoms with Crippen LogP contribution in [0.5, 0.6) is 5.75 Å². The van der Waals surface area contributed by atoms with Gasteiger partial charge in [-0.3, -0.25) is 0 Å². The van der Waals surface area contributed by atoms with Crippen LogP contribution in [0.1, 0.15) is 23.1 Å². The minimum atomic E-state index is -4.96. The average Bonchev–Trinajstić information content (AvgIpc) is 2.66. The van der Waals surface area contributed by atoms with Crippen molar-refractivity contribution < 1.29 is 36.6 Å². The number of fused-ring (bicyclic) bond motifs is 1. The molecule has 0 aliphatic carbocycles. The van der Waals surface area contributed by atoms with E-state index in [-0.39, 0.29) is 42.4 Å². The lowest BCUT2D eigenvalue weighted by molar-refractivity contribution is -0.143. The highest BCUT2D eigenvalue weighted by Gasteiger charge is 2.37. The van der Waals surface area contributed by atoms with Gasteiger partial charge in [-0.15, -0.1) is 0 Å². The normalized spacial score (nSPS) is 12.5. The van der Waals surface area contributed by atoms with Crippen LogP contribution in [0.2, 0.25) is 0 Å². The number of phenols is 1. The largest absolute Gasteiger partial charge is 0.507 e. The number of alkyl halides is 6. The highest BCUT2D eigenvalue weighted by Crippen LogP contribution is 2.42. The maximum absolute atomic E-state index is 13.2. The third-order valence-electron chi connectivity index (χ3n) is 4.60. The summed E-state index contributed by atoms with van der Waals surface area (Å²) in [7, 11) is 0. The molecule has 29 heavy (non-hydrogen) atoms. The van der Waals surface area contributed by atoms with Gasteiger partial charge in [0.05, 0.1) is 11.1 Å². The van der Waals surface area contributed by atoms with E-state index in [0.717, 1.165) is 0 Å². The Morgan fingerprint density at radius 2 is 1.31 bits per heavy atom. The van der Waals surface area contributed by atoms with E-state index >= 15 is 0 Å². The highest BCUT2D eigenvalue weighted by molar-refractivity contribution is 6.01. The number of aliphatic hydroxyl groups is 1. The topological polar surface area (TPSA) is 40.5 Å². The van der Waals surface area contributed by atoms with Gasteiger partial charge in [0.25, 0.3) is 0 Å². The van der Waals surface area contributed by atoms with Crippen LogP contribution in [0.3, 0.4) is 0 Å².